The molecule has 2 aromatic heterocycles. The van der Waals surface area contributed by atoms with E-state index in [1.807, 2.05) is 23.0 Å². The molecule has 3 heterocycles. The first kappa shape index (κ1) is 12.0. The van der Waals surface area contributed by atoms with Crippen molar-refractivity contribution < 1.29 is 0 Å². The van der Waals surface area contributed by atoms with Crippen molar-refractivity contribution in [3.63, 3.8) is 0 Å². The quantitative estimate of drug-likeness (QED) is 0.911. The molecule has 1 saturated heterocycles. The van der Waals surface area contributed by atoms with Gasteiger partial charge in [0.15, 0.2) is 11.5 Å². The molecule has 2 fully saturated rings. The van der Waals surface area contributed by atoms with Crippen LogP contribution in [0.25, 0.3) is 5.65 Å². The molecule has 2 N–H and O–H groups in total. The Morgan fingerprint density at radius 1 is 1.15 bits per heavy atom. The highest BCUT2D eigenvalue weighted by Gasteiger charge is 2.35. The number of hydrogen-bond acceptors (Lipinski definition) is 4. The fourth-order valence-corrected chi connectivity index (χ4v) is 4.01. The van der Waals surface area contributed by atoms with Gasteiger partial charge in [0.05, 0.1) is 6.20 Å². The third-order valence-electron chi connectivity index (χ3n) is 4.89. The molecule has 0 bridgehead atoms. The minimum Gasteiger partial charge on any atom is -0.382 e. The van der Waals surface area contributed by atoms with E-state index in [0.717, 1.165) is 23.9 Å². The van der Waals surface area contributed by atoms with Crippen LogP contribution in [0.3, 0.4) is 0 Å². The number of nitrogen functional groups attached to an aromatic ring is 1. The Labute approximate surface area is 118 Å². The molecule has 1 unspecified atom stereocenters. The summed E-state index contributed by atoms with van der Waals surface area (Å²) in [5.41, 5.74) is 6.90. The first-order valence-corrected chi connectivity index (χ1v) is 7.69. The van der Waals surface area contributed by atoms with Gasteiger partial charge in [-0.05, 0) is 31.6 Å². The van der Waals surface area contributed by atoms with Crippen LogP contribution < -0.4 is 10.6 Å². The van der Waals surface area contributed by atoms with E-state index in [-0.39, 0.29) is 0 Å². The molecule has 5 nitrogen and oxygen atoms in total. The van der Waals surface area contributed by atoms with Crippen molar-refractivity contribution in [3.05, 3.63) is 18.6 Å². The number of rotatable bonds is 2. The second-order valence-corrected chi connectivity index (χ2v) is 6.10. The van der Waals surface area contributed by atoms with Gasteiger partial charge in [-0.2, -0.15) is 0 Å². The topological polar surface area (TPSA) is 59.5 Å². The highest BCUT2D eigenvalue weighted by molar-refractivity contribution is 5.67. The second-order valence-electron chi connectivity index (χ2n) is 6.10. The highest BCUT2D eigenvalue weighted by Crippen LogP contribution is 2.38. The molecule has 0 aromatic carbocycles. The molecular formula is C15H21N5. The summed E-state index contributed by atoms with van der Waals surface area (Å²) in [5.74, 6) is 2.38. The normalized spacial score (nSPS) is 24.0. The van der Waals surface area contributed by atoms with E-state index in [1.165, 1.54) is 38.5 Å². The molecule has 0 radical (unpaired) electrons. The third kappa shape index (κ3) is 1.84. The zero-order valence-corrected chi connectivity index (χ0v) is 11.7. The van der Waals surface area contributed by atoms with Crippen molar-refractivity contribution >= 4 is 17.3 Å². The smallest absolute Gasteiger partial charge is 0.180 e. The number of aromatic nitrogens is 3. The summed E-state index contributed by atoms with van der Waals surface area (Å²) < 4.78 is 1.99. The lowest BCUT2D eigenvalue weighted by atomic mass is 9.96. The molecular weight excluding hydrogens is 250 g/mol. The molecule has 106 valence electrons. The van der Waals surface area contributed by atoms with E-state index in [4.69, 9.17) is 5.73 Å². The van der Waals surface area contributed by atoms with Gasteiger partial charge in [-0.15, -0.1) is 0 Å². The lowest BCUT2D eigenvalue weighted by molar-refractivity contribution is 0.429. The maximum atomic E-state index is 5.96. The van der Waals surface area contributed by atoms with Crippen LogP contribution in [0.4, 0.5) is 11.6 Å². The average Bonchev–Trinajstić information content (AvgIpc) is 3.17. The van der Waals surface area contributed by atoms with Gasteiger partial charge in [-0.25, -0.2) is 9.97 Å². The van der Waals surface area contributed by atoms with Crippen LogP contribution in [-0.2, 0) is 0 Å². The fourth-order valence-electron chi connectivity index (χ4n) is 4.01. The van der Waals surface area contributed by atoms with Gasteiger partial charge >= 0.3 is 0 Å². The van der Waals surface area contributed by atoms with E-state index < -0.39 is 0 Å². The SMILES string of the molecule is Nc1cn2ccnc2c(N2CCCC2C2CCCC2)n1. The summed E-state index contributed by atoms with van der Waals surface area (Å²) in [4.78, 5) is 11.5. The van der Waals surface area contributed by atoms with Crippen molar-refractivity contribution in [1.29, 1.82) is 0 Å². The average molecular weight is 271 g/mol. The van der Waals surface area contributed by atoms with Gasteiger partial charge in [-0.1, -0.05) is 12.8 Å². The minimum atomic E-state index is 0.572. The summed E-state index contributed by atoms with van der Waals surface area (Å²) in [7, 11) is 0. The van der Waals surface area contributed by atoms with Crippen molar-refractivity contribution in [2.24, 2.45) is 5.92 Å². The van der Waals surface area contributed by atoms with Gasteiger partial charge in [-0.3, -0.25) is 0 Å². The zero-order chi connectivity index (χ0) is 13.5. The molecule has 0 spiro atoms. The van der Waals surface area contributed by atoms with Crippen LogP contribution in [0, 0.1) is 5.92 Å². The predicted molar refractivity (Wildman–Crippen MR) is 79.7 cm³/mol. The molecule has 1 aliphatic carbocycles. The highest BCUT2D eigenvalue weighted by atomic mass is 15.3. The van der Waals surface area contributed by atoms with Crippen molar-refractivity contribution in [1.82, 2.24) is 14.4 Å². The second kappa shape index (κ2) is 4.65. The third-order valence-corrected chi connectivity index (χ3v) is 4.89. The first-order chi connectivity index (χ1) is 9.83. The Morgan fingerprint density at radius 2 is 2.00 bits per heavy atom. The minimum absolute atomic E-state index is 0.572. The number of nitrogens with zero attached hydrogens (tertiary/aromatic N) is 4. The van der Waals surface area contributed by atoms with E-state index in [0.29, 0.717) is 11.9 Å². The van der Waals surface area contributed by atoms with Crippen LogP contribution in [0.5, 0.6) is 0 Å². The van der Waals surface area contributed by atoms with Gasteiger partial charge < -0.3 is 15.0 Å². The van der Waals surface area contributed by atoms with E-state index in [2.05, 4.69) is 14.9 Å². The Balaban J connectivity index is 1.75. The molecule has 1 atom stereocenters. The lowest BCUT2D eigenvalue weighted by Crippen LogP contribution is -2.35. The Morgan fingerprint density at radius 3 is 2.85 bits per heavy atom. The van der Waals surface area contributed by atoms with Crippen molar-refractivity contribution in [2.75, 3.05) is 17.2 Å². The molecule has 4 rings (SSSR count). The molecule has 20 heavy (non-hydrogen) atoms. The van der Waals surface area contributed by atoms with Crippen LogP contribution >= 0.6 is 0 Å². The van der Waals surface area contributed by atoms with Crippen LogP contribution in [0.1, 0.15) is 38.5 Å². The molecule has 2 aromatic rings. The van der Waals surface area contributed by atoms with Gasteiger partial charge in [0, 0.05) is 25.0 Å². The Kier molecular flexibility index (Phi) is 2.79. The Bertz CT molecular complexity index is 614. The maximum absolute atomic E-state index is 5.96. The van der Waals surface area contributed by atoms with Gasteiger partial charge in [0.25, 0.3) is 0 Å². The monoisotopic (exact) mass is 271 g/mol. The van der Waals surface area contributed by atoms with Gasteiger partial charge in [0.2, 0.25) is 0 Å². The lowest BCUT2D eigenvalue weighted by Gasteiger charge is -2.30. The summed E-state index contributed by atoms with van der Waals surface area (Å²) in [5, 5.41) is 0. The standard InChI is InChI=1S/C15H21N5/c16-13-10-19-9-7-17-14(19)15(18-13)20-8-3-6-12(20)11-4-1-2-5-11/h7,9-12H,1-6,8,16H2. The summed E-state index contributed by atoms with van der Waals surface area (Å²) in [6.07, 6.45) is 13.7. The summed E-state index contributed by atoms with van der Waals surface area (Å²) in [6.45, 7) is 1.08. The molecule has 2 aliphatic rings. The van der Waals surface area contributed by atoms with Crippen LogP contribution in [0.2, 0.25) is 0 Å². The molecule has 5 heteroatoms. The number of hydrogen-bond donors (Lipinski definition) is 1. The van der Waals surface area contributed by atoms with E-state index in [9.17, 15) is 0 Å². The maximum Gasteiger partial charge on any atom is 0.180 e. The first-order valence-electron chi connectivity index (χ1n) is 7.69. The number of imidazole rings is 1. The van der Waals surface area contributed by atoms with E-state index in [1.54, 1.807) is 0 Å². The summed E-state index contributed by atoms with van der Waals surface area (Å²) in [6, 6.07) is 0.632. The zero-order valence-electron chi connectivity index (χ0n) is 11.7. The molecule has 1 aliphatic heterocycles. The predicted octanol–water partition coefficient (Wildman–Crippen LogP) is 2.47. The van der Waals surface area contributed by atoms with Crippen molar-refractivity contribution in [2.45, 2.75) is 44.6 Å². The molecule has 1 saturated carbocycles. The number of anilines is 2. The summed E-state index contributed by atoms with van der Waals surface area (Å²) >= 11 is 0. The van der Waals surface area contributed by atoms with Crippen molar-refractivity contribution in [3.8, 4) is 0 Å². The fraction of sp³-hybridized carbons (Fsp3) is 0.600. The van der Waals surface area contributed by atoms with Crippen LogP contribution in [0.15, 0.2) is 18.6 Å². The van der Waals surface area contributed by atoms with Gasteiger partial charge in [0.1, 0.15) is 5.82 Å². The van der Waals surface area contributed by atoms with Crippen LogP contribution in [-0.4, -0.2) is 27.0 Å². The molecule has 0 amide bonds. The number of nitrogens with two attached hydrogens (primary N) is 1. The Hall–Kier alpha value is -1.78. The number of fused-ring (bicyclic) bond motifs is 1. The van der Waals surface area contributed by atoms with E-state index >= 15 is 0 Å². The largest absolute Gasteiger partial charge is 0.382 e.